The average Bonchev–Trinajstić information content (AvgIpc) is 2.92. The van der Waals surface area contributed by atoms with E-state index in [0.29, 0.717) is 6.54 Å². The number of aryl methyl sites for hydroxylation is 1. The molecule has 0 aliphatic carbocycles. The Hall–Kier alpha value is -3.34. The van der Waals surface area contributed by atoms with Crippen LogP contribution >= 0.6 is 0 Å². The van der Waals surface area contributed by atoms with Crippen molar-refractivity contribution in [3.8, 4) is 0 Å². The van der Waals surface area contributed by atoms with E-state index in [1.807, 2.05) is 63.2 Å². The zero-order valence-corrected chi connectivity index (χ0v) is 20.3. The molecule has 2 aromatic carbocycles. The molecule has 2 amide bonds. The third-order valence-electron chi connectivity index (χ3n) is 6.17. The lowest BCUT2D eigenvalue weighted by molar-refractivity contribution is -0.138. The Morgan fingerprint density at radius 2 is 1.64 bits per heavy atom. The van der Waals surface area contributed by atoms with Gasteiger partial charge in [-0.3, -0.25) is 9.59 Å². The molecule has 172 valence electrons. The van der Waals surface area contributed by atoms with Crippen molar-refractivity contribution < 1.29 is 9.59 Å². The number of hydrogen-bond acceptors (Lipinski definition) is 2. The SMILES string of the molecule is CC(C)C1=CC(=O)N(C(C(=O)NC(C)(C)C)c2ccccc2)Cc2c1n(C)c1ccccc21. The standard InChI is InChI=1S/C28H33N3O2/c1-18(2)21-16-24(32)31(17-22-20-14-10-11-15-23(20)30(6)26(21)22)25(19-12-8-7-9-13-19)27(33)29-28(3,4)5/h7-16,18,25H,17H2,1-6H3,(H,29,33). The molecule has 0 spiro atoms. The topological polar surface area (TPSA) is 54.3 Å². The number of allylic oxidation sites excluding steroid dienone is 1. The molecular formula is C28H33N3O2. The molecule has 0 saturated heterocycles. The van der Waals surface area contributed by atoms with Crippen LogP contribution in [0.25, 0.3) is 16.5 Å². The predicted octanol–water partition coefficient (Wildman–Crippen LogP) is 5.22. The number of fused-ring (bicyclic) bond motifs is 3. The average molecular weight is 444 g/mol. The van der Waals surface area contributed by atoms with Gasteiger partial charge in [-0.05, 0) is 43.9 Å². The number of benzene rings is 2. The molecule has 0 saturated carbocycles. The molecule has 1 atom stereocenters. The minimum Gasteiger partial charge on any atom is -0.349 e. The third kappa shape index (κ3) is 4.32. The lowest BCUT2D eigenvalue weighted by Gasteiger charge is -2.32. The number of nitrogens with zero attached hydrogens (tertiary/aromatic N) is 2. The number of amides is 2. The van der Waals surface area contributed by atoms with Crippen LogP contribution in [0.2, 0.25) is 0 Å². The Kier molecular flexibility index (Phi) is 5.91. The summed E-state index contributed by atoms with van der Waals surface area (Å²) in [6.45, 7) is 10.4. The van der Waals surface area contributed by atoms with Crippen LogP contribution in [0.5, 0.6) is 0 Å². The van der Waals surface area contributed by atoms with Crippen LogP contribution in [0.3, 0.4) is 0 Å². The molecule has 1 N–H and O–H groups in total. The third-order valence-corrected chi connectivity index (χ3v) is 6.17. The first kappa shape index (κ1) is 22.8. The number of para-hydroxylation sites is 1. The molecule has 3 aromatic rings. The monoisotopic (exact) mass is 443 g/mol. The Balaban J connectivity index is 1.92. The molecule has 0 bridgehead atoms. The maximum Gasteiger partial charge on any atom is 0.248 e. The minimum absolute atomic E-state index is 0.142. The lowest BCUT2D eigenvalue weighted by atomic mass is 9.96. The summed E-state index contributed by atoms with van der Waals surface area (Å²) in [6, 6.07) is 17.1. The minimum atomic E-state index is -0.729. The number of carbonyl (C=O) groups is 2. The Morgan fingerprint density at radius 3 is 2.27 bits per heavy atom. The Bertz CT molecular complexity index is 1230. The second-order valence-corrected chi connectivity index (χ2v) is 10.2. The van der Waals surface area contributed by atoms with Gasteiger partial charge in [0.15, 0.2) is 0 Å². The van der Waals surface area contributed by atoms with E-state index in [1.165, 1.54) is 0 Å². The first-order chi connectivity index (χ1) is 15.6. The predicted molar refractivity (Wildman–Crippen MR) is 133 cm³/mol. The van der Waals surface area contributed by atoms with Crippen LogP contribution in [-0.4, -0.2) is 26.8 Å². The normalized spacial score (nSPS) is 15.3. The van der Waals surface area contributed by atoms with E-state index in [4.69, 9.17) is 0 Å². The van der Waals surface area contributed by atoms with Crippen molar-refractivity contribution in [2.24, 2.45) is 13.0 Å². The fourth-order valence-electron chi connectivity index (χ4n) is 4.74. The smallest absolute Gasteiger partial charge is 0.248 e. The van der Waals surface area contributed by atoms with E-state index in [9.17, 15) is 9.59 Å². The Morgan fingerprint density at radius 1 is 1.00 bits per heavy atom. The van der Waals surface area contributed by atoms with Crippen LogP contribution in [0.4, 0.5) is 0 Å². The van der Waals surface area contributed by atoms with E-state index >= 15 is 0 Å². The van der Waals surface area contributed by atoms with Gasteiger partial charge >= 0.3 is 0 Å². The molecular weight excluding hydrogens is 410 g/mol. The second kappa shape index (κ2) is 8.54. The number of carbonyl (C=O) groups excluding carboxylic acids is 2. The van der Waals surface area contributed by atoms with E-state index in [1.54, 1.807) is 11.0 Å². The number of rotatable bonds is 4. The van der Waals surface area contributed by atoms with Crippen LogP contribution in [0, 0.1) is 5.92 Å². The molecule has 0 fully saturated rings. The van der Waals surface area contributed by atoms with Crippen LogP contribution in [0.1, 0.15) is 57.5 Å². The molecule has 2 heterocycles. The van der Waals surface area contributed by atoms with Crippen molar-refractivity contribution in [3.05, 3.63) is 77.5 Å². The maximum atomic E-state index is 13.7. The van der Waals surface area contributed by atoms with Crippen LogP contribution in [0.15, 0.2) is 60.7 Å². The van der Waals surface area contributed by atoms with Gasteiger partial charge in [-0.2, -0.15) is 0 Å². The highest BCUT2D eigenvalue weighted by Crippen LogP contribution is 2.38. The summed E-state index contributed by atoms with van der Waals surface area (Å²) in [7, 11) is 2.05. The van der Waals surface area contributed by atoms with Gasteiger partial charge in [0.2, 0.25) is 11.8 Å². The van der Waals surface area contributed by atoms with Gasteiger partial charge in [-0.15, -0.1) is 0 Å². The van der Waals surface area contributed by atoms with E-state index in [2.05, 4.69) is 42.9 Å². The number of hydrogen-bond donors (Lipinski definition) is 1. The maximum absolute atomic E-state index is 13.7. The van der Waals surface area contributed by atoms with Crippen molar-refractivity contribution in [1.82, 2.24) is 14.8 Å². The summed E-state index contributed by atoms with van der Waals surface area (Å²) >= 11 is 0. The van der Waals surface area contributed by atoms with Crippen molar-refractivity contribution in [2.75, 3.05) is 0 Å². The first-order valence-electron chi connectivity index (χ1n) is 11.5. The highest BCUT2D eigenvalue weighted by Gasteiger charge is 2.36. The Labute approximate surface area is 196 Å². The van der Waals surface area contributed by atoms with Crippen molar-refractivity contribution in [2.45, 2.75) is 52.7 Å². The van der Waals surface area contributed by atoms with Gasteiger partial charge in [-0.1, -0.05) is 62.4 Å². The lowest BCUT2D eigenvalue weighted by Crippen LogP contribution is -2.48. The first-order valence-corrected chi connectivity index (χ1v) is 11.5. The summed E-state index contributed by atoms with van der Waals surface area (Å²) in [5, 5.41) is 4.21. The summed E-state index contributed by atoms with van der Waals surface area (Å²) in [4.78, 5) is 29.0. The van der Waals surface area contributed by atoms with Crippen LogP contribution in [-0.2, 0) is 23.2 Å². The van der Waals surface area contributed by atoms with Crippen LogP contribution < -0.4 is 5.32 Å². The molecule has 1 aromatic heterocycles. The van der Waals surface area contributed by atoms with E-state index < -0.39 is 11.6 Å². The fraction of sp³-hybridized carbons (Fsp3) is 0.357. The summed E-state index contributed by atoms with van der Waals surface area (Å²) in [6.07, 6.45) is 1.73. The highest BCUT2D eigenvalue weighted by molar-refractivity contribution is 6.02. The van der Waals surface area contributed by atoms with Gasteiger partial charge in [-0.25, -0.2) is 0 Å². The van der Waals surface area contributed by atoms with Crippen molar-refractivity contribution in [1.29, 1.82) is 0 Å². The van der Waals surface area contributed by atoms with Gasteiger partial charge in [0.25, 0.3) is 0 Å². The molecule has 4 rings (SSSR count). The number of aromatic nitrogens is 1. The summed E-state index contributed by atoms with van der Waals surface area (Å²) in [5.74, 6) is -0.156. The molecule has 1 aliphatic rings. The second-order valence-electron chi connectivity index (χ2n) is 10.2. The molecule has 1 unspecified atom stereocenters. The summed E-state index contributed by atoms with van der Waals surface area (Å²) < 4.78 is 2.18. The van der Waals surface area contributed by atoms with Gasteiger partial charge in [0.05, 0.1) is 5.69 Å². The van der Waals surface area contributed by atoms with Gasteiger partial charge in [0.1, 0.15) is 6.04 Å². The molecule has 0 radical (unpaired) electrons. The molecule has 5 nitrogen and oxygen atoms in total. The largest absolute Gasteiger partial charge is 0.349 e. The van der Waals surface area contributed by atoms with E-state index in [-0.39, 0.29) is 17.7 Å². The molecule has 1 aliphatic heterocycles. The quantitative estimate of drug-likeness (QED) is 0.601. The van der Waals surface area contributed by atoms with Gasteiger partial charge < -0.3 is 14.8 Å². The number of nitrogens with one attached hydrogen (secondary N) is 1. The van der Waals surface area contributed by atoms with Crippen molar-refractivity contribution in [3.63, 3.8) is 0 Å². The van der Waals surface area contributed by atoms with Crippen molar-refractivity contribution >= 4 is 28.3 Å². The zero-order chi connectivity index (χ0) is 23.9. The van der Waals surface area contributed by atoms with Gasteiger partial charge in [0, 0.05) is 41.7 Å². The fourth-order valence-corrected chi connectivity index (χ4v) is 4.74. The molecule has 33 heavy (non-hydrogen) atoms. The molecule has 5 heteroatoms. The zero-order valence-electron chi connectivity index (χ0n) is 20.3. The van der Waals surface area contributed by atoms with E-state index in [0.717, 1.165) is 33.3 Å². The highest BCUT2D eigenvalue weighted by atomic mass is 16.2. The summed E-state index contributed by atoms with van der Waals surface area (Å²) in [5.41, 5.74) is 4.67.